The molecule has 0 bridgehead atoms. The SMILES string of the molecule is COC(=O)N(C)Nc1cc(C(C)=O)ccc1Cl. The van der Waals surface area contributed by atoms with Crippen LogP contribution in [-0.2, 0) is 4.74 Å². The molecule has 0 heterocycles. The average Bonchev–Trinajstić information content (AvgIpc) is 2.30. The van der Waals surface area contributed by atoms with Crippen LogP contribution in [0.4, 0.5) is 10.5 Å². The number of nitrogens with zero attached hydrogens (tertiary/aromatic N) is 1. The summed E-state index contributed by atoms with van der Waals surface area (Å²) in [6.07, 6.45) is -0.561. The Morgan fingerprint density at radius 2 is 2.06 bits per heavy atom. The molecule has 0 spiro atoms. The van der Waals surface area contributed by atoms with E-state index in [0.717, 1.165) is 5.01 Å². The third-order valence-electron chi connectivity index (χ3n) is 2.11. The number of anilines is 1. The minimum Gasteiger partial charge on any atom is -0.452 e. The zero-order chi connectivity index (χ0) is 13.0. The molecule has 0 aliphatic rings. The molecule has 0 aliphatic heterocycles. The van der Waals surface area contributed by atoms with Crippen molar-refractivity contribution in [1.29, 1.82) is 0 Å². The summed E-state index contributed by atoms with van der Waals surface area (Å²) < 4.78 is 4.52. The van der Waals surface area contributed by atoms with Gasteiger partial charge in [-0.2, -0.15) is 0 Å². The molecule has 0 fully saturated rings. The number of hydrazine groups is 1. The molecule has 1 amide bonds. The predicted octanol–water partition coefficient (Wildman–Crippen LogP) is 2.57. The number of nitrogens with one attached hydrogen (secondary N) is 1. The van der Waals surface area contributed by atoms with Crippen LogP contribution >= 0.6 is 11.6 Å². The van der Waals surface area contributed by atoms with Crippen LogP contribution in [0, 0.1) is 0 Å². The number of carbonyl (C=O) groups is 2. The van der Waals surface area contributed by atoms with Gasteiger partial charge in [-0.3, -0.25) is 10.2 Å². The second-order valence-electron chi connectivity index (χ2n) is 3.39. The minimum absolute atomic E-state index is 0.0783. The lowest BCUT2D eigenvalue weighted by molar-refractivity contribution is 0.101. The molecule has 0 saturated carbocycles. The van der Waals surface area contributed by atoms with Crippen molar-refractivity contribution in [2.45, 2.75) is 6.92 Å². The summed E-state index contributed by atoms with van der Waals surface area (Å²) in [5.41, 5.74) is 3.71. The standard InChI is InChI=1S/C11H13ClN2O3/c1-7(15)8-4-5-9(12)10(6-8)13-14(2)11(16)17-3/h4-6,13H,1-3H3. The lowest BCUT2D eigenvalue weighted by atomic mass is 10.1. The smallest absolute Gasteiger partial charge is 0.428 e. The number of amides is 1. The van der Waals surface area contributed by atoms with Crippen molar-refractivity contribution in [3.63, 3.8) is 0 Å². The Kier molecular flexibility index (Phi) is 4.34. The molecule has 1 aromatic rings. The first-order valence-electron chi connectivity index (χ1n) is 4.84. The van der Waals surface area contributed by atoms with E-state index >= 15 is 0 Å². The molecular weight excluding hydrogens is 244 g/mol. The molecule has 0 atom stereocenters. The highest BCUT2D eigenvalue weighted by Gasteiger charge is 2.11. The minimum atomic E-state index is -0.561. The van der Waals surface area contributed by atoms with Crippen molar-refractivity contribution in [3.8, 4) is 0 Å². The van der Waals surface area contributed by atoms with Gasteiger partial charge in [-0.05, 0) is 25.1 Å². The molecule has 5 nitrogen and oxygen atoms in total. The molecule has 17 heavy (non-hydrogen) atoms. The number of rotatable bonds is 3. The van der Waals surface area contributed by atoms with Gasteiger partial charge in [0.2, 0.25) is 0 Å². The van der Waals surface area contributed by atoms with Gasteiger partial charge in [0.25, 0.3) is 0 Å². The van der Waals surface area contributed by atoms with E-state index in [9.17, 15) is 9.59 Å². The summed E-state index contributed by atoms with van der Waals surface area (Å²) in [5, 5.41) is 1.54. The molecule has 1 aromatic carbocycles. The summed E-state index contributed by atoms with van der Waals surface area (Å²) in [4.78, 5) is 22.4. The number of ether oxygens (including phenoxy) is 1. The monoisotopic (exact) mass is 256 g/mol. The largest absolute Gasteiger partial charge is 0.452 e. The number of benzene rings is 1. The number of carbonyl (C=O) groups excluding carboxylic acids is 2. The molecule has 6 heteroatoms. The maximum Gasteiger partial charge on any atom is 0.428 e. The zero-order valence-corrected chi connectivity index (χ0v) is 10.5. The Morgan fingerprint density at radius 3 is 2.59 bits per heavy atom. The Hall–Kier alpha value is -1.75. The van der Waals surface area contributed by atoms with E-state index in [-0.39, 0.29) is 5.78 Å². The van der Waals surface area contributed by atoms with Crippen molar-refractivity contribution in [3.05, 3.63) is 28.8 Å². The topological polar surface area (TPSA) is 58.6 Å². The fraction of sp³-hybridized carbons (Fsp3) is 0.273. The first-order chi connectivity index (χ1) is 7.95. The Morgan fingerprint density at radius 1 is 1.41 bits per heavy atom. The summed E-state index contributed by atoms with van der Waals surface area (Å²) in [6.45, 7) is 1.46. The zero-order valence-electron chi connectivity index (χ0n) is 9.78. The highest BCUT2D eigenvalue weighted by atomic mass is 35.5. The van der Waals surface area contributed by atoms with Crippen LogP contribution in [0.25, 0.3) is 0 Å². The van der Waals surface area contributed by atoms with Crippen LogP contribution in [0.15, 0.2) is 18.2 Å². The van der Waals surface area contributed by atoms with E-state index in [4.69, 9.17) is 11.6 Å². The molecule has 1 N–H and O–H groups in total. The van der Waals surface area contributed by atoms with E-state index in [0.29, 0.717) is 16.3 Å². The fourth-order valence-electron chi connectivity index (χ4n) is 1.19. The van der Waals surface area contributed by atoms with E-state index < -0.39 is 6.09 Å². The van der Waals surface area contributed by atoms with Crippen molar-refractivity contribution < 1.29 is 14.3 Å². The van der Waals surface area contributed by atoms with E-state index in [1.54, 1.807) is 18.2 Å². The summed E-state index contributed by atoms with van der Waals surface area (Å²) in [7, 11) is 2.76. The molecule has 0 aliphatic carbocycles. The van der Waals surface area contributed by atoms with Gasteiger partial charge in [0.05, 0.1) is 17.8 Å². The van der Waals surface area contributed by atoms with Crippen molar-refractivity contribution in [2.24, 2.45) is 0 Å². The normalized spacial score (nSPS) is 9.65. The first kappa shape index (κ1) is 13.3. The van der Waals surface area contributed by atoms with Gasteiger partial charge in [-0.1, -0.05) is 11.6 Å². The number of ketones is 1. The summed E-state index contributed by atoms with van der Waals surface area (Å²) in [6, 6.07) is 4.78. The lowest BCUT2D eigenvalue weighted by Gasteiger charge is -2.19. The number of hydrogen-bond donors (Lipinski definition) is 1. The second-order valence-corrected chi connectivity index (χ2v) is 3.80. The van der Waals surface area contributed by atoms with E-state index in [2.05, 4.69) is 10.2 Å². The highest BCUT2D eigenvalue weighted by molar-refractivity contribution is 6.33. The Labute approximate surface area is 104 Å². The maximum absolute atomic E-state index is 11.2. The van der Waals surface area contributed by atoms with Gasteiger partial charge >= 0.3 is 6.09 Å². The molecular formula is C11H13ClN2O3. The van der Waals surface area contributed by atoms with Crippen molar-refractivity contribution in [1.82, 2.24) is 5.01 Å². The Bertz CT molecular complexity index is 448. The third kappa shape index (κ3) is 3.35. The van der Waals surface area contributed by atoms with Gasteiger partial charge in [0.15, 0.2) is 5.78 Å². The lowest BCUT2D eigenvalue weighted by Crippen LogP contribution is -2.32. The summed E-state index contributed by atoms with van der Waals surface area (Å²) >= 11 is 5.94. The molecule has 0 saturated heterocycles. The summed E-state index contributed by atoms with van der Waals surface area (Å²) in [5.74, 6) is -0.0783. The van der Waals surface area contributed by atoms with Gasteiger partial charge in [0.1, 0.15) is 0 Å². The van der Waals surface area contributed by atoms with Crippen LogP contribution in [0.1, 0.15) is 17.3 Å². The number of hydrogen-bond acceptors (Lipinski definition) is 4. The van der Waals surface area contributed by atoms with Crippen LogP contribution < -0.4 is 5.43 Å². The second kappa shape index (κ2) is 5.54. The quantitative estimate of drug-likeness (QED) is 0.667. The molecule has 0 unspecified atom stereocenters. The average molecular weight is 257 g/mol. The first-order valence-corrected chi connectivity index (χ1v) is 5.22. The van der Waals surface area contributed by atoms with Gasteiger partial charge in [0, 0.05) is 12.6 Å². The molecule has 1 rings (SSSR count). The van der Waals surface area contributed by atoms with Gasteiger partial charge < -0.3 is 4.74 Å². The molecule has 92 valence electrons. The number of Topliss-reactive ketones (excluding diaryl/α,β-unsaturated/α-hetero) is 1. The van der Waals surface area contributed by atoms with Crippen LogP contribution in [0.3, 0.4) is 0 Å². The van der Waals surface area contributed by atoms with Crippen LogP contribution in [0.5, 0.6) is 0 Å². The van der Waals surface area contributed by atoms with E-state index in [1.165, 1.54) is 21.1 Å². The fourth-order valence-corrected chi connectivity index (χ4v) is 1.35. The van der Waals surface area contributed by atoms with Crippen molar-refractivity contribution >= 4 is 29.2 Å². The van der Waals surface area contributed by atoms with Crippen molar-refractivity contribution in [2.75, 3.05) is 19.6 Å². The molecule has 0 radical (unpaired) electrons. The van der Waals surface area contributed by atoms with Gasteiger partial charge in [-0.25, -0.2) is 9.80 Å². The predicted molar refractivity (Wildman–Crippen MR) is 65.2 cm³/mol. The highest BCUT2D eigenvalue weighted by Crippen LogP contribution is 2.23. The van der Waals surface area contributed by atoms with Crippen LogP contribution in [0.2, 0.25) is 5.02 Å². The molecule has 0 aromatic heterocycles. The van der Waals surface area contributed by atoms with Crippen LogP contribution in [-0.4, -0.2) is 31.0 Å². The third-order valence-corrected chi connectivity index (χ3v) is 2.44. The number of halogens is 1. The Balaban J connectivity index is 2.93. The van der Waals surface area contributed by atoms with E-state index in [1.807, 2.05) is 0 Å². The number of methoxy groups -OCH3 is 1. The van der Waals surface area contributed by atoms with Gasteiger partial charge in [-0.15, -0.1) is 0 Å². The maximum atomic E-state index is 11.2.